The normalized spacial score (nSPS) is 14.1. The van der Waals surface area contributed by atoms with Crippen LogP contribution < -0.4 is 0 Å². The van der Waals surface area contributed by atoms with Gasteiger partial charge in [-0.25, -0.2) is 0 Å². The first-order chi connectivity index (χ1) is 16.9. The van der Waals surface area contributed by atoms with Crippen LogP contribution in [0.1, 0.15) is 107 Å². The van der Waals surface area contributed by atoms with Gasteiger partial charge in [0.15, 0.2) is 0 Å². The van der Waals surface area contributed by atoms with Crippen LogP contribution in [-0.2, 0) is 27.8 Å². The average molecular weight is 493 g/mol. The number of nitrogens with zero attached hydrogens (tertiary/aromatic N) is 2. The standard InChI is InChI=1S/C30H40N2O2S/c1-5-7-8-9-12-23-22-28-27(30(3,4)19-20-35-28)21-24(23)15-16-26-18-17-25(31-32-26)13-10-11-14-29(33)34-6-2/h17-18,21-22H,5-14,19-20H2,1-4H3. The van der Waals surface area contributed by atoms with Gasteiger partial charge >= 0.3 is 5.97 Å². The third-order valence-electron chi connectivity index (χ3n) is 6.63. The molecule has 0 aliphatic carbocycles. The number of benzene rings is 1. The molecule has 4 nitrogen and oxygen atoms in total. The molecule has 0 N–H and O–H groups in total. The van der Waals surface area contributed by atoms with Crippen LogP contribution in [0.4, 0.5) is 0 Å². The van der Waals surface area contributed by atoms with Crippen LogP contribution >= 0.6 is 11.8 Å². The van der Waals surface area contributed by atoms with Crippen molar-refractivity contribution in [1.82, 2.24) is 10.2 Å². The summed E-state index contributed by atoms with van der Waals surface area (Å²) in [4.78, 5) is 12.9. The summed E-state index contributed by atoms with van der Waals surface area (Å²) < 4.78 is 4.97. The van der Waals surface area contributed by atoms with Crippen molar-refractivity contribution in [2.24, 2.45) is 0 Å². The van der Waals surface area contributed by atoms with Gasteiger partial charge in [0.2, 0.25) is 0 Å². The molecule has 2 heterocycles. The van der Waals surface area contributed by atoms with Crippen molar-refractivity contribution in [3.63, 3.8) is 0 Å². The number of carbonyl (C=O) groups excluding carboxylic acids is 1. The largest absolute Gasteiger partial charge is 0.466 e. The Morgan fingerprint density at radius 1 is 1.03 bits per heavy atom. The molecule has 188 valence electrons. The van der Waals surface area contributed by atoms with Gasteiger partial charge in [-0.3, -0.25) is 4.79 Å². The Bertz CT molecular complexity index is 1030. The van der Waals surface area contributed by atoms with Crippen LogP contribution in [0.5, 0.6) is 0 Å². The van der Waals surface area contributed by atoms with E-state index in [0.29, 0.717) is 18.7 Å². The monoisotopic (exact) mass is 492 g/mol. The van der Waals surface area contributed by atoms with Gasteiger partial charge in [-0.15, -0.1) is 16.9 Å². The summed E-state index contributed by atoms with van der Waals surface area (Å²) in [5, 5.41) is 8.71. The Labute approximate surface area is 216 Å². The highest BCUT2D eigenvalue weighted by molar-refractivity contribution is 7.99. The van der Waals surface area contributed by atoms with Crippen LogP contribution in [0, 0.1) is 11.8 Å². The molecule has 0 radical (unpaired) electrons. The quantitative estimate of drug-likeness (QED) is 0.191. The van der Waals surface area contributed by atoms with Gasteiger partial charge in [-0.2, -0.15) is 5.10 Å². The predicted octanol–water partition coefficient (Wildman–Crippen LogP) is 7.05. The Morgan fingerprint density at radius 2 is 1.86 bits per heavy atom. The van der Waals surface area contributed by atoms with Crippen molar-refractivity contribution in [1.29, 1.82) is 0 Å². The average Bonchev–Trinajstić information content (AvgIpc) is 2.84. The van der Waals surface area contributed by atoms with Crippen molar-refractivity contribution >= 4 is 17.7 Å². The fraction of sp³-hybridized carbons (Fsp3) is 0.567. The molecule has 5 heteroatoms. The van der Waals surface area contributed by atoms with E-state index in [1.54, 1.807) is 0 Å². The first-order valence-electron chi connectivity index (χ1n) is 13.2. The summed E-state index contributed by atoms with van der Waals surface area (Å²) in [6, 6.07) is 8.70. The number of carbonyl (C=O) groups is 1. The van der Waals surface area contributed by atoms with E-state index < -0.39 is 0 Å². The highest BCUT2D eigenvalue weighted by atomic mass is 32.2. The predicted molar refractivity (Wildman–Crippen MR) is 145 cm³/mol. The molecule has 2 aromatic rings. The molecule has 0 spiro atoms. The molecule has 1 aromatic heterocycles. The summed E-state index contributed by atoms with van der Waals surface area (Å²) in [6.45, 7) is 9.22. The Balaban J connectivity index is 1.70. The lowest BCUT2D eigenvalue weighted by Gasteiger charge is -2.32. The number of aryl methyl sites for hydroxylation is 2. The van der Waals surface area contributed by atoms with Crippen molar-refractivity contribution in [3.8, 4) is 11.8 Å². The van der Waals surface area contributed by atoms with Crippen LogP contribution in [0.15, 0.2) is 29.2 Å². The first kappa shape index (κ1) is 27.3. The molecule has 0 amide bonds. The number of hydrogen-bond acceptors (Lipinski definition) is 5. The van der Waals surface area contributed by atoms with Crippen molar-refractivity contribution in [2.75, 3.05) is 12.4 Å². The number of esters is 1. The van der Waals surface area contributed by atoms with Crippen molar-refractivity contribution in [2.45, 2.75) is 102 Å². The molecule has 1 aliphatic rings. The molecular weight excluding hydrogens is 452 g/mol. The van der Waals surface area contributed by atoms with Gasteiger partial charge < -0.3 is 4.74 Å². The van der Waals surface area contributed by atoms with E-state index >= 15 is 0 Å². The van der Waals surface area contributed by atoms with Crippen LogP contribution in [-0.4, -0.2) is 28.5 Å². The minimum absolute atomic E-state index is 0.127. The summed E-state index contributed by atoms with van der Waals surface area (Å²) in [7, 11) is 0. The number of fused-ring (bicyclic) bond motifs is 1. The smallest absolute Gasteiger partial charge is 0.305 e. The fourth-order valence-electron chi connectivity index (χ4n) is 4.39. The minimum Gasteiger partial charge on any atom is -0.466 e. The van der Waals surface area contributed by atoms with E-state index in [-0.39, 0.29) is 11.4 Å². The molecular formula is C30H40N2O2S. The second kappa shape index (κ2) is 13.7. The number of ether oxygens (including phenoxy) is 1. The zero-order valence-electron chi connectivity index (χ0n) is 21.9. The molecule has 0 fully saturated rings. The summed E-state index contributed by atoms with van der Waals surface area (Å²) in [5.74, 6) is 7.77. The molecule has 0 unspecified atom stereocenters. The summed E-state index contributed by atoms with van der Waals surface area (Å²) in [6.07, 6.45) is 10.3. The maximum Gasteiger partial charge on any atom is 0.305 e. The Kier molecular flexibility index (Phi) is 10.7. The Hall–Kier alpha value is -2.32. The van der Waals surface area contributed by atoms with E-state index in [9.17, 15) is 4.79 Å². The molecule has 0 saturated carbocycles. The van der Waals surface area contributed by atoms with Gasteiger partial charge in [0.05, 0.1) is 12.3 Å². The maximum atomic E-state index is 11.4. The molecule has 1 aromatic carbocycles. The lowest BCUT2D eigenvalue weighted by molar-refractivity contribution is -0.143. The number of rotatable bonds is 11. The molecule has 0 atom stereocenters. The lowest BCUT2D eigenvalue weighted by atomic mass is 9.80. The van der Waals surface area contributed by atoms with Crippen molar-refractivity contribution < 1.29 is 9.53 Å². The first-order valence-corrected chi connectivity index (χ1v) is 14.2. The second-order valence-electron chi connectivity index (χ2n) is 9.97. The molecule has 0 bridgehead atoms. The van der Waals surface area contributed by atoms with Gasteiger partial charge in [-0.05, 0) is 97.9 Å². The van der Waals surface area contributed by atoms with Crippen molar-refractivity contribution in [3.05, 3.63) is 52.3 Å². The van der Waals surface area contributed by atoms with E-state index in [2.05, 4.69) is 54.9 Å². The molecule has 0 saturated heterocycles. The fourth-order valence-corrected chi connectivity index (χ4v) is 5.93. The zero-order chi connectivity index (χ0) is 25.1. The number of aromatic nitrogens is 2. The second-order valence-corrected chi connectivity index (χ2v) is 11.1. The third kappa shape index (κ3) is 8.39. The van der Waals surface area contributed by atoms with Gasteiger partial charge in [0.1, 0.15) is 5.69 Å². The highest BCUT2D eigenvalue weighted by Gasteiger charge is 2.28. The maximum absolute atomic E-state index is 11.4. The van der Waals surface area contributed by atoms with E-state index in [0.717, 1.165) is 36.9 Å². The Morgan fingerprint density at radius 3 is 2.60 bits per heavy atom. The number of unbranched alkanes of at least 4 members (excludes halogenated alkanes) is 4. The van der Waals surface area contributed by atoms with Crippen LogP contribution in [0.2, 0.25) is 0 Å². The van der Waals surface area contributed by atoms with Gasteiger partial charge in [0.25, 0.3) is 0 Å². The van der Waals surface area contributed by atoms with Gasteiger partial charge in [0, 0.05) is 16.9 Å². The molecule has 1 aliphatic heterocycles. The lowest BCUT2D eigenvalue weighted by Crippen LogP contribution is -2.23. The zero-order valence-corrected chi connectivity index (χ0v) is 22.7. The van der Waals surface area contributed by atoms with E-state index in [1.807, 2.05) is 30.8 Å². The van der Waals surface area contributed by atoms with Crippen LogP contribution in [0.3, 0.4) is 0 Å². The third-order valence-corrected chi connectivity index (χ3v) is 7.69. The highest BCUT2D eigenvalue weighted by Crippen LogP contribution is 2.42. The molecule has 3 rings (SSSR count). The van der Waals surface area contributed by atoms with E-state index in [1.165, 1.54) is 53.9 Å². The minimum atomic E-state index is -0.127. The summed E-state index contributed by atoms with van der Waals surface area (Å²) in [5.41, 5.74) is 5.75. The SMILES string of the molecule is CCCCCCc1cc2c(cc1C#Cc1ccc(CCCCC(=O)OCC)nn1)C(C)(C)CCS2. The summed E-state index contributed by atoms with van der Waals surface area (Å²) >= 11 is 1.99. The number of thioether (sulfide) groups is 1. The van der Waals surface area contributed by atoms with E-state index in [4.69, 9.17) is 4.74 Å². The number of hydrogen-bond donors (Lipinski definition) is 0. The molecule has 35 heavy (non-hydrogen) atoms. The topological polar surface area (TPSA) is 52.1 Å². The van der Waals surface area contributed by atoms with Gasteiger partial charge in [-0.1, -0.05) is 46.0 Å². The van der Waals surface area contributed by atoms with Crippen LogP contribution in [0.25, 0.3) is 0 Å².